The molecule has 10 heteroatoms. The molecule has 2 aromatic carbocycles. The number of aryl methyl sites for hydroxylation is 1. The monoisotopic (exact) mass is 541 g/mol. The molecule has 1 N–H and O–H groups in total. The third-order valence-electron chi connectivity index (χ3n) is 5.13. The van der Waals surface area contributed by atoms with Crippen molar-refractivity contribution < 1.29 is 18.0 Å². The van der Waals surface area contributed by atoms with E-state index in [1.165, 1.54) is 23.1 Å². The first-order chi connectivity index (χ1) is 16.1. The molecule has 0 spiro atoms. The van der Waals surface area contributed by atoms with E-state index in [2.05, 4.69) is 5.32 Å². The van der Waals surface area contributed by atoms with E-state index in [1.807, 2.05) is 58.9 Å². The van der Waals surface area contributed by atoms with E-state index in [4.69, 9.17) is 23.2 Å². The van der Waals surface area contributed by atoms with Crippen LogP contribution in [0.3, 0.4) is 0 Å². The van der Waals surface area contributed by atoms with Gasteiger partial charge in [-0.1, -0.05) is 60.0 Å². The standard InChI is InChI=1S/C25H33Cl2N3O4S/c1-7-22(24(32)28-25(3,4)5)29(15-18-10-8-9-17(2)11-18)23(31)16-30(35(6,33)34)21-13-19(26)12-20(27)14-21/h8-14,22H,7,15-16H2,1-6H3,(H,28,32)/t22-/m0/s1. The summed E-state index contributed by atoms with van der Waals surface area (Å²) < 4.78 is 26.3. The molecule has 0 aromatic heterocycles. The number of nitrogens with zero attached hydrogens (tertiary/aromatic N) is 2. The summed E-state index contributed by atoms with van der Waals surface area (Å²) in [4.78, 5) is 28.3. The number of sulfonamides is 1. The summed E-state index contributed by atoms with van der Waals surface area (Å²) in [6.45, 7) is 8.96. The molecule has 2 aromatic rings. The van der Waals surface area contributed by atoms with Gasteiger partial charge in [-0.2, -0.15) is 0 Å². The molecule has 7 nitrogen and oxygen atoms in total. The summed E-state index contributed by atoms with van der Waals surface area (Å²) in [7, 11) is -3.87. The number of anilines is 1. The molecule has 0 aliphatic carbocycles. The molecular weight excluding hydrogens is 509 g/mol. The number of hydrogen-bond donors (Lipinski definition) is 1. The van der Waals surface area contributed by atoms with Gasteiger partial charge in [0.15, 0.2) is 0 Å². The van der Waals surface area contributed by atoms with Gasteiger partial charge >= 0.3 is 0 Å². The molecule has 2 amide bonds. The number of carbonyl (C=O) groups excluding carboxylic acids is 2. The zero-order valence-electron chi connectivity index (χ0n) is 20.9. The predicted molar refractivity (Wildman–Crippen MR) is 142 cm³/mol. The number of halogens is 2. The quantitative estimate of drug-likeness (QED) is 0.494. The van der Waals surface area contributed by atoms with Crippen molar-refractivity contribution in [3.05, 3.63) is 63.6 Å². The largest absolute Gasteiger partial charge is 0.350 e. The number of nitrogens with one attached hydrogen (secondary N) is 1. The summed E-state index contributed by atoms with van der Waals surface area (Å²) in [5.74, 6) is -0.832. The Labute approximate surface area is 218 Å². The third kappa shape index (κ3) is 8.70. The van der Waals surface area contributed by atoms with Crippen LogP contribution in [0.15, 0.2) is 42.5 Å². The number of amides is 2. The average Bonchev–Trinajstić information content (AvgIpc) is 2.68. The van der Waals surface area contributed by atoms with E-state index in [1.54, 1.807) is 0 Å². The normalized spacial score (nSPS) is 12.7. The molecule has 0 bridgehead atoms. The van der Waals surface area contributed by atoms with Crippen molar-refractivity contribution in [1.29, 1.82) is 0 Å². The summed E-state index contributed by atoms with van der Waals surface area (Å²) in [5.41, 5.74) is 1.50. The maximum atomic E-state index is 13.7. The van der Waals surface area contributed by atoms with Gasteiger partial charge in [0.2, 0.25) is 21.8 Å². The molecule has 1 atom stereocenters. The van der Waals surface area contributed by atoms with Crippen LogP contribution in [0, 0.1) is 6.92 Å². The summed E-state index contributed by atoms with van der Waals surface area (Å²) >= 11 is 12.2. The molecule has 2 rings (SSSR count). The number of benzene rings is 2. The van der Waals surface area contributed by atoms with Crippen LogP contribution in [0.25, 0.3) is 0 Å². The zero-order chi connectivity index (χ0) is 26.6. The van der Waals surface area contributed by atoms with Crippen LogP contribution in [0.1, 0.15) is 45.2 Å². The molecule has 0 unspecified atom stereocenters. The Kier molecular flexibility index (Phi) is 9.62. The fraction of sp³-hybridized carbons (Fsp3) is 0.440. The van der Waals surface area contributed by atoms with Crippen LogP contribution in [0.5, 0.6) is 0 Å². The van der Waals surface area contributed by atoms with Gasteiger partial charge in [0.25, 0.3) is 0 Å². The highest BCUT2D eigenvalue weighted by molar-refractivity contribution is 7.92. The van der Waals surface area contributed by atoms with Gasteiger partial charge < -0.3 is 10.2 Å². The molecule has 0 aliphatic rings. The minimum absolute atomic E-state index is 0.143. The van der Waals surface area contributed by atoms with Crippen molar-refractivity contribution >= 4 is 50.7 Å². The SMILES string of the molecule is CC[C@@H](C(=O)NC(C)(C)C)N(Cc1cccc(C)c1)C(=O)CN(c1cc(Cl)cc(Cl)c1)S(C)(=O)=O. The maximum Gasteiger partial charge on any atom is 0.244 e. The smallest absolute Gasteiger partial charge is 0.244 e. The van der Waals surface area contributed by atoms with Crippen molar-refractivity contribution in [2.75, 3.05) is 17.1 Å². The summed E-state index contributed by atoms with van der Waals surface area (Å²) in [6.07, 6.45) is 1.35. The molecule has 0 saturated heterocycles. The highest BCUT2D eigenvalue weighted by Crippen LogP contribution is 2.27. The van der Waals surface area contributed by atoms with Gasteiger partial charge in [0.1, 0.15) is 12.6 Å². The maximum absolute atomic E-state index is 13.7. The Bertz CT molecular complexity index is 1160. The first-order valence-electron chi connectivity index (χ1n) is 11.2. The van der Waals surface area contributed by atoms with Gasteiger partial charge in [-0.25, -0.2) is 8.42 Å². The van der Waals surface area contributed by atoms with Crippen molar-refractivity contribution in [2.24, 2.45) is 0 Å². The van der Waals surface area contributed by atoms with Crippen LogP contribution in [0.2, 0.25) is 10.0 Å². The van der Waals surface area contributed by atoms with E-state index >= 15 is 0 Å². The molecule has 0 radical (unpaired) electrons. The van der Waals surface area contributed by atoms with E-state index in [0.717, 1.165) is 21.7 Å². The lowest BCUT2D eigenvalue weighted by molar-refractivity contribution is -0.141. The van der Waals surface area contributed by atoms with Crippen LogP contribution in [0.4, 0.5) is 5.69 Å². The van der Waals surface area contributed by atoms with E-state index in [0.29, 0.717) is 6.42 Å². The Balaban J connectivity index is 2.49. The topological polar surface area (TPSA) is 86.8 Å². The minimum atomic E-state index is -3.87. The summed E-state index contributed by atoms with van der Waals surface area (Å²) in [6, 6.07) is 11.1. The number of rotatable bonds is 9. The van der Waals surface area contributed by atoms with Gasteiger partial charge in [0, 0.05) is 22.1 Å². The highest BCUT2D eigenvalue weighted by atomic mass is 35.5. The zero-order valence-corrected chi connectivity index (χ0v) is 23.3. The van der Waals surface area contributed by atoms with Crippen molar-refractivity contribution in [3.63, 3.8) is 0 Å². The van der Waals surface area contributed by atoms with Crippen LogP contribution in [-0.2, 0) is 26.2 Å². The van der Waals surface area contributed by atoms with Crippen molar-refractivity contribution in [2.45, 2.75) is 59.2 Å². The highest BCUT2D eigenvalue weighted by Gasteiger charge is 2.33. The minimum Gasteiger partial charge on any atom is -0.350 e. The molecule has 0 heterocycles. The van der Waals surface area contributed by atoms with Crippen LogP contribution >= 0.6 is 23.2 Å². The molecular formula is C25H33Cl2N3O4S. The van der Waals surface area contributed by atoms with E-state index in [9.17, 15) is 18.0 Å². The lowest BCUT2D eigenvalue weighted by atomic mass is 10.0. The second kappa shape index (κ2) is 11.6. The lowest BCUT2D eigenvalue weighted by Crippen LogP contribution is -2.55. The van der Waals surface area contributed by atoms with Gasteiger partial charge in [-0.15, -0.1) is 0 Å². The Hall–Kier alpha value is -2.29. The average molecular weight is 543 g/mol. The Morgan fingerprint density at radius 2 is 1.66 bits per heavy atom. The van der Waals surface area contributed by atoms with Crippen molar-refractivity contribution in [3.8, 4) is 0 Å². The van der Waals surface area contributed by atoms with E-state index in [-0.39, 0.29) is 28.2 Å². The number of hydrogen-bond acceptors (Lipinski definition) is 4. The van der Waals surface area contributed by atoms with Gasteiger partial charge in [0.05, 0.1) is 11.9 Å². The second-order valence-electron chi connectivity index (χ2n) is 9.57. The molecule has 0 fully saturated rings. The molecule has 192 valence electrons. The van der Waals surface area contributed by atoms with E-state index < -0.39 is 34.1 Å². The van der Waals surface area contributed by atoms with Crippen LogP contribution < -0.4 is 9.62 Å². The molecule has 35 heavy (non-hydrogen) atoms. The molecule has 0 saturated carbocycles. The summed E-state index contributed by atoms with van der Waals surface area (Å²) in [5, 5.41) is 3.41. The Morgan fingerprint density at radius 1 is 1.06 bits per heavy atom. The Morgan fingerprint density at radius 3 is 2.14 bits per heavy atom. The van der Waals surface area contributed by atoms with Crippen LogP contribution in [-0.4, -0.2) is 49.5 Å². The first-order valence-corrected chi connectivity index (χ1v) is 13.8. The van der Waals surface area contributed by atoms with Gasteiger partial charge in [-0.05, 0) is 57.9 Å². The third-order valence-corrected chi connectivity index (χ3v) is 6.71. The second-order valence-corrected chi connectivity index (χ2v) is 12.4. The predicted octanol–water partition coefficient (Wildman–Crippen LogP) is 4.79. The fourth-order valence-electron chi connectivity index (χ4n) is 3.68. The fourth-order valence-corrected chi connectivity index (χ4v) is 5.02. The van der Waals surface area contributed by atoms with Crippen molar-refractivity contribution in [1.82, 2.24) is 10.2 Å². The van der Waals surface area contributed by atoms with Gasteiger partial charge in [-0.3, -0.25) is 13.9 Å². The number of carbonyl (C=O) groups is 2. The molecule has 0 aliphatic heterocycles. The lowest BCUT2D eigenvalue weighted by Gasteiger charge is -2.34. The first kappa shape index (κ1) is 28.9.